The minimum absolute atomic E-state index is 0.00607. The first-order valence-corrected chi connectivity index (χ1v) is 8.09. The van der Waals surface area contributed by atoms with E-state index in [1.165, 1.54) is 0 Å². The van der Waals surface area contributed by atoms with Gasteiger partial charge in [-0.3, -0.25) is 0 Å². The van der Waals surface area contributed by atoms with E-state index in [4.69, 9.17) is 4.52 Å². The zero-order chi connectivity index (χ0) is 16.2. The van der Waals surface area contributed by atoms with Gasteiger partial charge < -0.3 is 19.8 Å². The molecule has 1 aliphatic heterocycles. The molecule has 0 atom stereocenters. The Hall–Kier alpha value is -1.56. The molecule has 22 heavy (non-hydrogen) atoms. The lowest BCUT2D eigenvalue weighted by Crippen LogP contribution is -2.48. The number of piperidine rings is 1. The quantitative estimate of drug-likeness (QED) is 0.876. The number of carbonyl (C=O) groups is 1. The number of aliphatic hydroxyl groups excluding tert-OH is 1. The standard InChI is InChI=1S/C16H27N3O3/c1-4-16(11-20)5-7-19(8-6-16)15(21)17-10-13-9-14(12(2)3)18-22-13/h9,12,20H,4-8,10-11H2,1-3H3,(H,17,21). The fourth-order valence-electron chi connectivity index (χ4n) is 2.77. The van der Waals surface area contributed by atoms with Crippen LogP contribution in [0.4, 0.5) is 4.79 Å². The van der Waals surface area contributed by atoms with Gasteiger partial charge in [0, 0.05) is 25.8 Å². The SMILES string of the molecule is CCC1(CO)CCN(C(=O)NCc2cc(C(C)C)no2)CC1. The van der Waals surface area contributed by atoms with Gasteiger partial charge in [0.15, 0.2) is 5.76 Å². The second-order valence-electron chi connectivity index (χ2n) is 6.53. The smallest absolute Gasteiger partial charge is 0.317 e. The maximum Gasteiger partial charge on any atom is 0.317 e. The summed E-state index contributed by atoms with van der Waals surface area (Å²) < 4.78 is 5.22. The van der Waals surface area contributed by atoms with Crippen molar-refractivity contribution in [1.29, 1.82) is 0 Å². The van der Waals surface area contributed by atoms with E-state index in [9.17, 15) is 9.90 Å². The lowest BCUT2D eigenvalue weighted by Gasteiger charge is -2.40. The molecule has 2 amide bonds. The number of aliphatic hydroxyl groups is 1. The first-order chi connectivity index (χ1) is 10.5. The third-order valence-corrected chi connectivity index (χ3v) is 4.78. The number of hydrogen-bond donors (Lipinski definition) is 2. The van der Waals surface area contributed by atoms with Gasteiger partial charge in [-0.15, -0.1) is 0 Å². The Labute approximate surface area is 131 Å². The fourth-order valence-corrected chi connectivity index (χ4v) is 2.77. The Morgan fingerprint density at radius 2 is 2.18 bits per heavy atom. The highest BCUT2D eigenvalue weighted by Gasteiger charge is 2.33. The van der Waals surface area contributed by atoms with Crippen molar-refractivity contribution in [3.8, 4) is 0 Å². The molecule has 0 unspecified atom stereocenters. The summed E-state index contributed by atoms with van der Waals surface area (Å²) >= 11 is 0. The molecule has 1 fully saturated rings. The molecule has 1 aromatic rings. The third kappa shape index (κ3) is 3.80. The first kappa shape index (κ1) is 16.8. The highest BCUT2D eigenvalue weighted by molar-refractivity contribution is 5.74. The second-order valence-corrected chi connectivity index (χ2v) is 6.53. The summed E-state index contributed by atoms with van der Waals surface area (Å²) in [6.07, 6.45) is 2.66. The van der Waals surface area contributed by atoms with Crippen LogP contribution in [0.25, 0.3) is 0 Å². The molecule has 0 aromatic carbocycles. The predicted octanol–water partition coefficient (Wildman–Crippen LogP) is 2.49. The summed E-state index contributed by atoms with van der Waals surface area (Å²) in [5, 5.41) is 16.4. The lowest BCUT2D eigenvalue weighted by atomic mass is 9.77. The van der Waals surface area contributed by atoms with Crippen LogP contribution in [0.2, 0.25) is 0 Å². The summed E-state index contributed by atoms with van der Waals surface area (Å²) in [6.45, 7) is 8.14. The number of nitrogens with one attached hydrogen (secondary N) is 1. The van der Waals surface area contributed by atoms with Crippen molar-refractivity contribution in [3.05, 3.63) is 17.5 Å². The first-order valence-electron chi connectivity index (χ1n) is 8.09. The average molecular weight is 309 g/mol. The lowest BCUT2D eigenvalue weighted by molar-refractivity contribution is 0.0518. The minimum Gasteiger partial charge on any atom is -0.396 e. The van der Waals surface area contributed by atoms with Crippen molar-refractivity contribution in [1.82, 2.24) is 15.4 Å². The van der Waals surface area contributed by atoms with E-state index in [1.807, 2.05) is 11.0 Å². The van der Waals surface area contributed by atoms with Crippen LogP contribution >= 0.6 is 0 Å². The third-order valence-electron chi connectivity index (χ3n) is 4.78. The molecule has 1 aliphatic rings. The van der Waals surface area contributed by atoms with Gasteiger partial charge in [-0.1, -0.05) is 25.9 Å². The molecule has 6 nitrogen and oxygen atoms in total. The minimum atomic E-state index is -0.0786. The number of nitrogens with zero attached hydrogens (tertiary/aromatic N) is 2. The van der Waals surface area contributed by atoms with E-state index in [0.29, 0.717) is 31.3 Å². The number of urea groups is 1. The van der Waals surface area contributed by atoms with Gasteiger partial charge in [0.2, 0.25) is 0 Å². The fraction of sp³-hybridized carbons (Fsp3) is 0.750. The van der Waals surface area contributed by atoms with Crippen molar-refractivity contribution in [2.24, 2.45) is 5.41 Å². The van der Waals surface area contributed by atoms with Crippen molar-refractivity contribution < 1.29 is 14.4 Å². The molecule has 2 N–H and O–H groups in total. The maximum atomic E-state index is 12.2. The predicted molar refractivity (Wildman–Crippen MR) is 83.4 cm³/mol. The van der Waals surface area contributed by atoms with Gasteiger partial charge in [0.05, 0.1) is 12.2 Å². The van der Waals surface area contributed by atoms with Gasteiger partial charge in [0.1, 0.15) is 0 Å². The van der Waals surface area contributed by atoms with Crippen LogP contribution in [0, 0.1) is 5.41 Å². The van der Waals surface area contributed by atoms with E-state index < -0.39 is 0 Å². The second kappa shape index (κ2) is 7.13. The molecule has 6 heteroatoms. The monoisotopic (exact) mass is 309 g/mol. The van der Waals surface area contributed by atoms with Gasteiger partial charge >= 0.3 is 6.03 Å². The molecule has 124 valence electrons. The van der Waals surface area contributed by atoms with Gasteiger partial charge in [-0.05, 0) is 30.6 Å². The summed E-state index contributed by atoms with van der Waals surface area (Å²) in [5.41, 5.74) is 0.895. The molecule has 0 saturated carbocycles. The summed E-state index contributed by atoms with van der Waals surface area (Å²) in [6, 6.07) is 1.81. The topological polar surface area (TPSA) is 78.6 Å². The molecule has 2 heterocycles. The van der Waals surface area contributed by atoms with Gasteiger partial charge in [-0.25, -0.2) is 4.79 Å². The van der Waals surface area contributed by atoms with Crippen molar-refractivity contribution in [2.45, 2.75) is 52.5 Å². The van der Waals surface area contributed by atoms with Gasteiger partial charge in [0.25, 0.3) is 0 Å². The van der Waals surface area contributed by atoms with Crippen LogP contribution in [0.1, 0.15) is 57.4 Å². The largest absolute Gasteiger partial charge is 0.396 e. The zero-order valence-corrected chi connectivity index (χ0v) is 13.8. The Balaban J connectivity index is 1.81. The summed E-state index contributed by atoms with van der Waals surface area (Å²) in [7, 11) is 0. The summed E-state index contributed by atoms with van der Waals surface area (Å²) in [4.78, 5) is 14.0. The van der Waals surface area contributed by atoms with Crippen LogP contribution in [-0.2, 0) is 6.54 Å². The normalized spacial score (nSPS) is 17.8. The van der Waals surface area contributed by atoms with Crippen molar-refractivity contribution in [3.63, 3.8) is 0 Å². The van der Waals surface area contributed by atoms with Crippen LogP contribution in [-0.4, -0.2) is 40.9 Å². The zero-order valence-electron chi connectivity index (χ0n) is 13.8. The van der Waals surface area contributed by atoms with Crippen LogP contribution in [0.15, 0.2) is 10.6 Å². The Morgan fingerprint density at radius 1 is 1.50 bits per heavy atom. The Morgan fingerprint density at radius 3 is 2.68 bits per heavy atom. The number of likely N-dealkylation sites (tertiary alicyclic amines) is 1. The molecule has 0 bridgehead atoms. The van der Waals surface area contributed by atoms with Crippen molar-refractivity contribution >= 4 is 6.03 Å². The van der Waals surface area contributed by atoms with Crippen molar-refractivity contribution in [2.75, 3.05) is 19.7 Å². The number of hydrogen-bond acceptors (Lipinski definition) is 4. The van der Waals surface area contributed by atoms with E-state index in [-0.39, 0.29) is 18.1 Å². The highest BCUT2D eigenvalue weighted by atomic mass is 16.5. The molecular formula is C16H27N3O3. The molecule has 0 spiro atoms. The molecule has 0 radical (unpaired) electrons. The Kier molecular flexibility index (Phi) is 5.45. The molecule has 0 aliphatic carbocycles. The van der Waals surface area contributed by atoms with E-state index in [1.54, 1.807) is 0 Å². The van der Waals surface area contributed by atoms with E-state index >= 15 is 0 Å². The molecule has 1 saturated heterocycles. The molecular weight excluding hydrogens is 282 g/mol. The van der Waals surface area contributed by atoms with Crippen LogP contribution in [0.3, 0.4) is 0 Å². The number of rotatable bonds is 5. The maximum absolute atomic E-state index is 12.2. The summed E-state index contributed by atoms with van der Waals surface area (Å²) in [5.74, 6) is 0.989. The van der Waals surface area contributed by atoms with E-state index in [2.05, 4.69) is 31.2 Å². The Bertz CT molecular complexity index is 485. The average Bonchev–Trinajstić information content (AvgIpc) is 3.02. The van der Waals surface area contributed by atoms with Crippen LogP contribution < -0.4 is 5.32 Å². The number of aromatic nitrogens is 1. The van der Waals surface area contributed by atoms with E-state index in [0.717, 1.165) is 25.0 Å². The molecule has 1 aromatic heterocycles. The van der Waals surface area contributed by atoms with Crippen LogP contribution in [0.5, 0.6) is 0 Å². The molecule has 2 rings (SSSR count). The number of carbonyl (C=O) groups excluding carboxylic acids is 1. The van der Waals surface area contributed by atoms with Gasteiger partial charge in [-0.2, -0.15) is 0 Å². The highest BCUT2D eigenvalue weighted by Crippen LogP contribution is 2.34. The number of amides is 2.